The van der Waals surface area contributed by atoms with Gasteiger partial charge in [0.05, 0.1) is 29.8 Å². The Balaban J connectivity index is 0.00000338. The van der Waals surface area contributed by atoms with Crippen LogP contribution in [0.25, 0.3) is 0 Å². The minimum atomic E-state index is -3.35. The number of carbonyl (C=O) groups excluding carboxylic acids is 1. The van der Waals surface area contributed by atoms with Crippen LogP contribution < -0.4 is 4.74 Å². The molecule has 0 N–H and O–H groups in total. The SMILES string of the molecule is CCOC(=O)C1CCN(CCS(=O)(=O)c2cccc(OCC)c2)CC1.P. The van der Waals surface area contributed by atoms with Crippen LogP contribution in [-0.4, -0.2) is 57.9 Å². The number of ether oxygens (including phenoxy) is 2. The molecule has 1 saturated heterocycles. The molecule has 0 bridgehead atoms. The highest BCUT2D eigenvalue weighted by Crippen LogP contribution is 2.21. The van der Waals surface area contributed by atoms with Crippen molar-refractivity contribution in [1.29, 1.82) is 0 Å². The van der Waals surface area contributed by atoms with Gasteiger partial charge < -0.3 is 14.4 Å². The van der Waals surface area contributed by atoms with Crippen molar-refractivity contribution in [3.05, 3.63) is 24.3 Å². The molecular formula is C18H30NO5PS. The normalized spacial score (nSPS) is 15.9. The molecule has 0 spiro atoms. The third-order valence-electron chi connectivity index (χ3n) is 4.36. The van der Waals surface area contributed by atoms with Gasteiger partial charge in [0.15, 0.2) is 9.84 Å². The number of rotatable bonds is 8. The zero-order chi connectivity index (χ0) is 18.3. The van der Waals surface area contributed by atoms with Gasteiger partial charge in [0, 0.05) is 6.54 Å². The number of hydrogen-bond donors (Lipinski definition) is 0. The molecule has 148 valence electrons. The first kappa shape index (κ1) is 22.9. The molecule has 8 heteroatoms. The highest BCUT2D eigenvalue weighted by atomic mass is 32.2. The van der Waals surface area contributed by atoms with Crippen LogP contribution in [0.3, 0.4) is 0 Å². The van der Waals surface area contributed by atoms with E-state index in [1.165, 1.54) is 0 Å². The van der Waals surface area contributed by atoms with E-state index >= 15 is 0 Å². The van der Waals surface area contributed by atoms with E-state index in [-0.39, 0.29) is 27.5 Å². The van der Waals surface area contributed by atoms with E-state index in [0.29, 0.717) is 30.4 Å². The largest absolute Gasteiger partial charge is 0.494 e. The molecule has 0 aromatic heterocycles. The van der Waals surface area contributed by atoms with Crippen molar-refractivity contribution in [1.82, 2.24) is 4.90 Å². The van der Waals surface area contributed by atoms with Crippen LogP contribution in [0.4, 0.5) is 0 Å². The topological polar surface area (TPSA) is 72.9 Å². The Morgan fingerprint density at radius 3 is 2.50 bits per heavy atom. The van der Waals surface area contributed by atoms with E-state index in [1.54, 1.807) is 31.2 Å². The lowest BCUT2D eigenvalue weighted by molar-refractivity contribution is -0.149. The fraction of sp³-hybridized carbons (Fsp3) is 0.611. The summed E-state index contributed by atoms with van der Waals surface area (Å²) >= 11 is 0. The molecule has 0 radical (unpaired) electrons. The van der Waals surface area contributed by atoms with Gasteiger partial charge in [0.2, 0.25) is 0 Å². The van der Waals surface area contributed by atoms with Gasteiger partial charge in [-0.2, -0.15) is 9.90 Å². The van der Waals surface area contributed by atoms with E-state index in [9.17, 15) is 13.2 Å². The number of carbonyl (C=O) groups is 1. The Morgan fingerprint density at radius 1 is 1.19 bits per heavy atom. The summed E-state index contributed by atoms with van der Waals surface area (Å²) in [6.07, 6.45) is 1.44. The molecule has 6 nitrogen and oxygen atoms in total. The first-order valence-electron chi connectivity index (χ1n) is 8.81. The van der Waals surface area contributed by atoms with Gasteiger partial charge in [-0.25, -0.2) is 8.42 Å². The molecule has 1 heterocycles. The van der Waals surface area contributed by atoms with Crippen LogP contribution in [0.15, 0.2) is 29.2 Å². The van der Waals surface area contributed by atoms with Crippen LogP contribution >= 0.6 is 9.90 Å². The van der Waals surface area contributed by atoms with Crippen molar-refractivity contribution in [2.24, 2.45) is 5.92 Å². The molecule has 1 unspecified atom stereocenters. The van der Waals surface area contributed by atoms with Crippen molar-refractivity contribution in [3.63, 3.8) is 0 Å². The van der Waals surface area contributed by atoms with Gasteiger partial charge >= 0.3 is 5.97 Å². The number of piperidine rings is 1. The summed E-state index contributed by atoms with van der Waals surface area (Å²) in [6, 6.07) is 6.63. The first-order chi connectivity index (χ1) is 12.0. The van der Waals surface area contributed by atoms with Crippen molar-refractivity contribution in [2.45, 2.75) is 31.6 Å². The van der Waals surface area contributed by atoms with Gasteiger partial charge in [0.25, 0.3) is 0 Å². The van der Waals surface area contributed by atoms with Gasteiger partial charge in [-0.1, -0.05) is 6.07 Å². The summed E-state index contributed by atoms with van der Waals surface area (Å²) in [4.78, 5) is 14.1. The Hall–Kier alpha value is -1.17. The van der Waals surface area contributed by atoms with Crippen molar-refractivity contribution >= 4 is 25.7 Å². The average Bonchev–Trinajstić information content (AvgIpc) is 2.61. The molecule has 26 heavy (non-hydrogen) atoms. The molecule has 1 aromatic carbocycles. The van der Waals surface area contributed by atoms with E-state index in [4.69, 9.17) is 9.47 Å². The third kappa shape index (κ3) is 6.53. The van der Waals surface area contributed by atoms with Gasteiger partial charge in [0.1, 0.15) is 5.75 Å². The molecule has 1 fully saturated rings. The Morgan fingerprint density at radius 2 is 1.88 bits per heavy atom. The van der Waals surface area contributed by atoms with Gasteiger partial charge in [-0.05, 0) is 58.0 Å². The Bertz CT molecular complexity index is 672. The van der Waals surface area contributed by atoms with Crippen LogP contribution in [-0.2, 0) is 19.4 Å². The molecular weight excluding hydrogens is 373 g/mol. The molecule has 1 aliphatic rings. The number of esters is 1. The van der Waals surface area contributed by atoms with Crippen LogP contribution in [0.1, 0.15) is 26.7 Å². The molecule has 1 aromatic rings. The second-order valence-corrected chi connectivity index (χ2v) is 8.20. The Kier molecular flexibility index (Phi) is 9.55. The van der Waals surface area contributed by atoms with E-state index < -0.39 is 9.84 Å². The van der Waals surface area contributed by atoms with Gasteiger partial charge in [-0.3, -0.25) is 4.79 Å². The molecule has 1 atom stereocenters. The van der Waals surface area contributed by atoms with Gasteiger partial charge in [-0.15, -0.1) is 0 Å². The summed E-state index contributed by atoms with van der Waals surface area (Å²) in [5, 5.41) is 0. The first-order valence-corrected chi connectivity index (χ1v) is 10.5. The number of nitrogens with zero attached hydrogens (tertiary/aromatic N) is 1. The number of sulfone groups is 1. The maximum atomic E-state index is 12.5. The molecule has 0 saturated carbocycles. The fourth-order valence-corrected chi connectivity index (χ4v) is 4.26. The molecule has 0 aliphatic carbocycles. The molecule has 1 aliphatic heterocycles. The lowest BCUT2D eigenvalue weighted by atomic mass is 9.97. The molecule has 0 amide bonds. The maximum absolute atomic E-state index is 12.5. The lowest BCUT2D eigenvalue weighted by Gasteiger charge is -2.30. The fourth-order valence-electron chi connectivity index (χ4n) is 2.94. The quantitative estimate of drug-likeness (QED) is 0.489. The van der Waals surface area contributed by atoms with Crippen LogP contribution in [0.2, 0.25) is 0 Å². The number of hydrogen-bond acceptors (Lipinski definition) is 6. The second-order valence-electron chi connectivity index (χ2n) is 6.09. The van der Waals surface area contributed by atoms with Crippen LogP contribution in [0, 0.1) is 5.92 Å². The zero-order valence-corrected chi connectivity index (χ0v) is 17.9. The number of benzene rings is 1. The maximum Gasteiger partial charge on any atom is 0.309 e. The second kappa shape index (κ2) is 10.9. The minimum absolute atomic E-state index is 0. The Labute approximate surface area is 159 Å². The standard InChI is InChI=1S/C18H27NO5S.H3P/c1-3-23-16-6-5-7-17(14-16)25(21,22)13-12-19-10-8-15(9-11-19)18(20)24-4-2;/h5-7,14-15H,3-4,8-13H2,1-2H3;1H3. The summed E-state index contributed by atoms with van der Waals surface area (Å²) in [5.74, 6) is 0.434. The monoisotopic (exact) mass is 403 g/mol. The third-order valence-corrected chi connectivity index (χ3v) is 6.05. The highest BCUT2D eigenvalue weighted by molar-refractivity contribution is 7.91. The smallest absolute Gasteiger partial charge is 0.309 e. The zero-order valence-electron chi connectivity index (χ0n) is 15.6. The summed E-state index contributed by atoms with van der Waals surface area (Å²) in [7, 11) is -3.35. The van der Waals surface area contributed by atoms with Crippen molar-refractivity contribution in [3.8, 4) is 5.75 Å². The molecule has 2 rings (SSSR count). The van der Waals surface area contributed by atoms with Crippen molar-refractivity contribution in [2.75, 3.05) is 38.6 Å². The van der Waals surface area contributed by atoms with E-state index in [1.807, 2.05) is 6.92 Å². The summed E-state index contributed by atoms with van der Waals surface area (Å²) in [6.45, 7) is 6.48. The average molecular weight is 403 g/mol. The summed E-state index contributed by atoms with van der Waals surface area (Å²) in [5.41, 5.74) is 0. The lowest BCUT2D eigenvalue weighted by Crippen LogP contribution is -2.39. The van der Waals surface area contributed by atoms with E-state index in [2.05, 4.69) is 4.90 Å². The van der Waals surface area contributed by atoms with Crippen molar-refractivity contribution < 1.29 is 22.7 Å². The predicted molar refractivity (Wildman–Crippen MR) is 107 cm³/mol. The predicted octanol–water partition coefficient (Wildman–Crippen LogP) is 2.19. The number of likely N-dealkylation sites (tertiary alicyclic amines) is 1. The highest BCUT2D eigenvalue weighted by Gasteiger charge is 2.26. The van der Waals surface area contributed by atoms with Crippen LogP contribution in [0.5, 0.6) is 5.75 Å². The van der Waals surface area contributed by atoms with E-state index in [0.717, 1.165) is 25.9 Å². The summed E-state index contributed by atoms with van der Waals surface area (Å²) < 4.78 is 35.5. The minimum Gasteiger partial charge on any atom is -0.494 e.